The number of aliphatic hydroxyl groups excluding tert-OH is 1. The molecule has 1 amide bonds. The van der Waals surface area contributed by atoms with Crippen LogP contribution in [0.4, 0.5) is 28.9 Å². The molecule has 2 aliphatic heterocycles. The van der Waals surface area contributed by atoms with E-state index in [1.165, 1.54) is 18.3 Å². The van der Waals surface area contributed by atoms with Crippen molar-refractivity contribution >= 4 is 17.3 Å². The van der Waals surface area contributed by atoms with Gasteiger partial charge >= 0.3 is 6.18 Å². The Hall–Kier alpha value is -3.57. The molecule has 2 aliphatic rings. The van der Waals surface area contributed by atoms with Gasteiger partial charge in [-0.1, -0.05) is 6.07 Å². The number of carbonyl (C=O) groups excluding carboxylic acids is 1. The Bertz CT molecular complexity index is 1350. The molecule has 0 radical (unpaired) electrons. The van der Waals surface area contributed by atoms with Crippen molar-refractivity contribution in [3.8, 4) is 11.1 Å². The Balaban J connectivity index is 1.45. The number of pyridine rings is 2. The first-order valence-electron chi connectivity index (χ1n) is 11.7. The number of carbonyl (C=O) groups is 1. The monoisotopic (exact) mass is 516 g/mol. The van der Waals surface area contributed by atoms with Gasteiger partial charge in [-0.2, -0.15) is 13.2 Å². The molecule has 1 saturated heterocycles. The highest BCUT2D eigenvalue weighted by Gasteiger charge is 2.49. The lowest BCUT2D eigenvalue weighted by Gasteiger charge is -2.48. The molecule has 194 valence electrons. The van der Waals surface area contributed by atoms with Crippen LogP contribution < -0.4 is 10.2 Å². The molecule has 11 heteroatoms. The topological polar surface area (TPSA) is 87.6 Å². The van der Waals surface area contributed by atoms with Gasteiger partial charge in [0.05, 0.1) is 54.7 Å². The number of aliphatic hydroxyl groups is 1. The molecule has 0 spiro atoms. The third kappa shape index (κ3) is 4.76. The van der Waals surface area contributed by atoms with Gasteiger partial charge in [-0.05, 0) is 37.3 Å². The Morgan fingerprint density at radius 1 is 1.24 bits per heavy atom. The number of amides is 1. The Morgan fingerprint density at radius 2 is 2.05 bits per heavy atom. The van der Waals surface area contributed by atoms with Crippen molar-refractivity contribution in [1.82, 2.24) is 9.97 Å². The van der Waals surface area contributed by atoms with E-state index in [9.17, 15) is 23.1 Å². The first-order valence-corrected chi connectivity index (χ1v) is 11.7. The number of hydrogen-bond donors (Lipinski definition) is 2. The molecule has 7 nitrogen and oxygen atoms in total. The van der Waals surface area contributed by atoms with Crippen molar-refractivity contribution in [2.45, 2.75) is 31.2 Å². The molecule has 5 rings (SSSR count). The summed E-state index contributed by atoms with van der Waals surface area (Å²) in [6.07, 6.45) is -1.60. The zero-order valence-corrected chi connectivity index (χ0v) is 19.8. The maximum absolute atomic E-state index is 15.5. The SMILES string of the molecule is Cc1ncc(NC(=O)c2cccc(C(F)(F)F)c2)cc1-c1cnc2c(c1)N1CCOC[C@H]1[C@](F)(CO)C2. The number of ether oxygens (including phenoxy) is 1. The van der Waals surface area contributed by atoms with Gasteiger partial charge in [0.1, 0.15) is 0 Å². The standard InChI is InChI=1S/C26H24F4N4O3/c1-15-20(9-19(12-31-15)33-24(36)16-3-2-4-18(7-16)26(28,29)30)17-8-22-21(32-11-17)10-25(27,14-35)23-13-37-6-5-34(22)23/h2-4,7-9,11-12,23,35H,5-6,10,13-14H2,1H3,(H,33,36)/t23-,25+/m0/s1. The van der Waals surface area contributed by atoms with Gasteiger partial charge in [0, 0.05) is 41.5 Å². The summed E-state index contributed by atoms with van der Waals surface area (Å²) < 4.78 is 60.1. The maximum atomic E-state index is 15.5. The summed E-state index contributed by atoms with van der Waals surface area (Å²) in [5.74, 6) is -0.703. The number of benzene rings is 1. The van der Waals surface area contributed by atoms with Crippen LogP contribution in [0.15, 0.2) is 48.8 Å². The smallest absolute Gasteiger partial charge is 0.393 e. The third-order valence-electron chi connectivity index (χ3n) is 6.81. The summed E-state index contributed by atoms with van der Waals surface area (Å²) in [7, 11) is 0. The zero-order chi connectivity index (χ0) is 26.4. The van der Waals surface area contributed by atoms with Crippen molar-refractivity contribution in [3.63, 3.8) is 0 Å². The van der Waals surface area contributed by atoms with E-state index in [1.54, 1.807) is 19.2 Å². The fourth-order valence-electron chi connectivity index (χ4n) is 4.83. The fourth-order valence-corrected chi connectivity index (χ4v) is 4.83. The summed E-state index contributed by atoms with van der Waals surface area (Å²) in [4.78, 5) is 23.4. The zero-order valence-electron chi connectivity index (χ0n) is 19.8. The molecule has 0 aliphatic carbocycles. The number of fused-ring (bicyclic) bond motifs is 3. The molecule has 0 unspecified atom stereocenters. The predicted molar refractivity (Wildman–Crippen MR) is 128 cm³/mol. The molecule has 2 N–H and O–H groups in total. The summed E-state index contributed by atoms with van der Waals surface area (Å²) >= 11 is 0. The average Bonchev–Trinajstić information content (AvgIpc) is 2.89. The summed E-state index contributed by atoms with van der Waals surface area (Å²) in [5.41, 5.74) is 0.625. The molecule has 4 heterocycles. The first-order chi connectivity index (χ1) is 17.6. The highest BCUT2D eigenvalue weighted by Crippen LogP contribution is 2.41. The minimum atomic E-state index is -4.56. The number of morpholine rings is 1. The average molecular weight is 516 g/mol. The summed E-state index contributed by atoms with van der Waals surface area (Å²) in [5, 5.41) is 12.3. The van der Waals surface area contributed by atoms with E-state index in [2.05, 4.69) is 15.3 Å². The number of aryl methyl sites for hydroxylation is 1. The number of nitrogens with zero attached hydrogens (tertiary/aromatic N) is 3. The van der Waals surface area contributed by atoms with E-state index in [0.29, 0.717) is 41.4 Å². The lowest BCUT2D eigenvalue weighted by Crippen LogP contribution is -2.62. The second kappa shape index (κ2) is 9.38. The van der Waals surface area contributed by atoms with Gasteiger partial charge in [0.15, 0.2) is 5.67 Å². The van der Waals surface area contributed by atoms with Crippen molar-refractivity contribution in [1.29, 1.82) is 0 Å². The number of halogens is 4. The van der Waals surface area contributed by atoms with Crippen LogP contribution in [0.1, 0.15) is 27.3 Å². The number of aromatic nitrogens is 2. The Morgan fingerprint density at radius 3 is 2.81 bits per heavy atom. The second-order valence-electron chi connectivity index (χ2n) is 9.23. The van der Waals surface area contributed by atoms with E-state index in [0.717, 1.165) is 17.8 Å². The van der Waals surface area contributed by atoms with Gasteiger partial charge in [-0.15, -0.1) is 0 Å². The van der Waals surface area contributed by atoms with E-state index < -0.39 is 36.0 Å². The molecule has 3 aromatic rings. The Kier molecular flexibility index (Phi) is 6.36. The van der Waals surface area contributed by atoms with Gasteiger partial charge in [0.2, 0.25) is 0 Å². The number of hydrogen-bond acceptors (Lipinski definition) is 6. The van der Waals surface area contributed by atoms with Crippen molar-refractivity contribution in [2.75, 3.05) is 36.6 Å². The summed E-state index contributed by atoms with van der Waals surface area (Å²) in [6, 6.07) is 7.07. The van der Waals surface area contributed by atoms with Crippen LogP contribution in [0.3, 0.4) is 0 Å². The van der Waals surface area contributed by atoms with E-state index >= 15 is 4.39 Å². The highest BCUT2D eigenvalue weighted by atomic mass is 19.4. The van der Waals surface area contributed by atoms with E-state index in [4.69, 9.17) is 4.74 Å². The fraction of sp³-hybridized carbons (Fsp3) is 0.346. The van der Waals surface area contributed by atoms with E-state index in [1.807, 2.05) is 11.0 Å². The van der Waals surface area contributed by atoms with Crippen LogP contribution >= 0.6 is 0 Å². The van der Waals surface area contributed by atoms with Crippen LogP contribution in [0, 0.1) is 6.92 Å². The lowest BCUT2D eigenvalue weighted by molar-refractivity contribution is -0.137. The minimum Gasteiger partial charge on any atom is -0.393 e. The van der Waals surface area contributed by atoms with Gasteiger partial charge < -0.3 is 20.1 Å². The molecule has 0 saturated carbocycles. The number of alkyl halides is 4. The Labute approximate surface area is 210 Å². The normalized spacial score (nSPS) is 21.2. The number of anilines is 2. The van der Waals surface area contributed by atoms with Crippen LogP contribution in [-0.2, 0) is 17.3 Å². The van der Waals surface area contributed by atoms with Crippen molar-refractivity contribution in [2.24, 2.45) is 0 Å². The molecule has 1 fully saturated rings. The molecule has 1 aromatic carbocycles. The van der Waals surface area contributed by atoms with Gasteiger partial charge in [-0.3, -0.25) is 14.8 Å². The number of nitrogens with one attached hydrogen (secondary N) is 1. The predicted octanol–water partition coefficient (Wildman–Crippen LogP) is 4.19. The van der Waals surface area contributed by atoms with Crippen LogP contribution in [-0.4, -0.2) is 59.1 Å². The summed E-state index contributed by atoms with van der Waals surface area (Å²) in [6.45, 7) is 2.15. The highest BCUT2D eigenvalue weighted by molar-refractivity contribution is 6.04. The van der Waals surface area contributed by atoms with Crippen LogP contribution in [0.25, 0.3) is 11.1 Å². The van der Waals surface area contributed by atoms with Crippen molar-refractivity contribution < 1.29 is 32.2 Å². The molecule has 2 atom stereocenters. The second-order valence-corrected chi connectivity index (χ2v) is 9.23. The van der Waals surface area contributed by atoms with Crippen LogP contribution in [0.2, 0.25) is 0 Å². The minimum absolute atomic E-state index is 0.0477. The largest absolute Gasteiger partial charge is 0.416 e. The maximum Gasteiger partial charge on any atom is 0.416 e. The molecule has 0 bridgehead atoms. The lowest BCUT2D eigenvalue weighted by atomic mass is 9.84. The van der Waals surface area contributed by atoms with Crippen molar-refractivity contribution in [3.05, 3.63) is 71.3 Å². The first kappa shape index (κ1) is 25.1. The molecule has 37 heavy (non-hydrogen) atoms. The third-order valence-corrected chi connectivity index (χ3v) is 6.81. The number of rotatable bonds is 4. The van der Waals surface area contributed by atoms with Gasteiger partial charge in [0.25, 0.3) is 5.91 Å². The molecular weight excluding hydrogens is 492 g/mol. The van der Waals surface area contributed by atoms with Crippen LogP contribution in [0.5, 0.6) is 0 Å². The van der Waals surface area contributed by atoms with Gasteiger partial charge in [-0.25, -0.2) is 4.39 Å². The molecular formula is C26H24F4N4O3. The quantitative estimate of drug-likeness (QED) is 0.506. The van der Waals surface area contributed by atoms with E-state index in [-0.39, 0.29) is 18.6 Å². The molecule has 2 aromatic heterocycles.